The molecule has 0 atom stereocenters. The van der Waals surface area contributed by atoms with Gasteiger partial charge < -0.3 is 4.74 Å². The maximum Gasteiger partial charge on any atom is 0.267 e. The molecular weight excluding hydrogens is 472 g/mol. The van der Waals surface area contributed by atoms with Crippen molar-refractivity contribution in [2.75, 3.05) is 7.11 Å². The number of nitrogens with zero attached hydrogens (tertiary/aromatic N) is 2. The van der Waals surface area contributed by atoms with E-state index in [-0.39, 0.29) is 11.9 Å². The summed E-state index contributed by atoms with van der Waals surface area (Å²) in [5.74, 6) is 0.839. The zero-order valence-corrected chi connectivity index (χ0v) is 20.3. The predicted octanol–water partition coefficient (Wildman–Crippen LogP) is 6.96. The van der Waals surface area contributed by atoms with Gasteiger partial charge in [-0.3, -0.25) is 9.69 Å². The molecule has 0 spiro atoms. The van der Waals surface area contributed by atoms with Crippen LogP contribution in [0, 0.1) is 0 Å². The Bertz CT molecular complexity index is 1030. The van der Waals surface area contributed by atoms with Gasteiger partial charge in [-0.05, 0) is 82.4 Å². The molecule has 6 heteroatoms. The zero-order chi connectivity index (χ0) is 21.8. The van der Waals surface area contributed by atoms with Gasteiger partial charge in [0.25, 0.3) is 5.91 Å². The van der Waals surface area contributed by atoms with Crippen LogP contribution >= 0.6 is 27.7 Å². The van der Waals surface area contributed by atoms with E-state index in [1.54, 1.807) is 7.11 Å². The summed E-state index contributed by atoms with van der Waals surface area (Å²) in [5.41, 5.74) is 3.11. The number of halogens is 1. The van der Waals surface area contributed by atoms with Gasteiger partial charge in [0, 0.05) is 6.04 Å². The minimum atomic E-state index is 0.0663. The summed E-state index contributed by atoms with van der Waals surface area (Å²) in [6.45, 7) is 2.14. The van der Waals surface area contributed by atoms with Gasteiger partial charge in [0.2, 0.25) is 0 Å². The second-order valence-corrected chi connectivity index (χ2v) is 9.71. The molecule has 2 aromatic carbocycles. The molecule has 4 rings (SSSR count). The van der Waals surface area contributed by atoms with Gasteiger partial charge in [-0.15, -0.1) is 0 Å². The molecule has 162 valence electrons. The second kappa shape index (κ2) is 10.0. The van der Waals surface area contributed by atoms with Crippen LogP contribution in [0.5, 0.6) is 5.75 Å². The molecule has 0 aromatic heterocycles. The van der Waals surface area contributed by atoms with E-state index in [1.807, 2.05) is 47.4 Å². The number of rotatable bonds is 5. The number of thioether (sulfide) groups is 1. The standard InChI is InChI=1S/C25H27BrN2O2S/c1-3-18-9-7-8-12-21(18)27-25-28(19-10-5-4-6-11-19)24(29)23(31-25)16-17-13-14-22(30-2)20(26)15-17/h7-9,12-16,19H,3-6,10-11H2,1-2H3/b23-16+,27-25?. The van der Waals surface area contributed by atoms with Gasteiger partial charge in [0.05, 0.1) is 22.2 Å². The van der Waals surface area contributed by atoms with E-state index in [2.05, 4.69) is 28.9 Å². The van der Waals surface area contributed by atoms with Crippen molar-refractivity contribution in [3.8, 4) is 5.75 Å². The average molecular weight is 499 g/mol. The third-order valence-electron chi connectivity index (χ3n) is 5.84. The van der Waals surface area contributed by atoms with Gasteiger partial charge in [-0.25, -0.2) is 4.99 Å². The van der Waals surface area contributed by atoms with Crippen LogP contribution in [0.2, 0.25) is 0 Å². The lowest BCUT2D eigenvalue weighted by Crippen LogP contribution is -2.40. The smallest absolute Gasteiger partial charge is 0.267 e. The van der Waals surface area contributed by atoms with Gasteiger partial charge >= 0.3 is 0 Å². The van der Waals surface area contributed by atoms with Gasteiger partial charge in [0.15, 0.2) is 5.17 Å². The van der Waals surface area contributed by atoms with E-state index in [0.29, 0.717) is 0 Å². The fraction of sp³-hybridized carbons (Fsp3) is 0.360. The molecule has 1 saturated carbocycles. The van der Waals surface area contributed by atoms with Crippen molar-refractivity contribution in [3.05, 3.63) is 63.0 Å². The first-order valence-corrected chi connectivity index (χ1v) is 12.4. The SMILES string of the molecule is CCc1ccccc1N=C1S/C(=C/c2ccc(OC)c(Br)c2)C(=O)N1C1CCCCC1. The van der Waals surface area contributed by atoms with Crippen LogP contribution in [-0.2, 0) is 11.2 Å². The number of aryl methyl sites for hydroxylation is 1. The van der Waals surface area contributed by atoms with Crippen molar-refractivity contribution in [2.45, 2.75) is 51.5 Å². The summed E-state index contributed by atoms with van der Waals surface area (Å²) in [4.78, 5) is 21.2. The Morgan fingerprint density at radius 1 is 1.19 bits per heavy atom. The van der Waals surface area contributed by atoms with Gasteiger partial charge in [0.1, 0.15) is 5.75 Å². The molecule has 0 bridgehead atoms. The quantitative estimate of drug-likeness (QED) is 0.418. The summed E-state index contributed by atoms with van der Waals surface area (Å²) in [7, 11) is 1.65. The highest BCUT2D eigenvalue weighted by atomic mass is 79.9. The van der Waals surface area contributed by atoms with E-state index in [4.69, 9.17) is 9.73 Å². The highest BCUT2D eigenvalue weighted by Gasteiger charge is 2.38. The third kappa shape index (κ3) is 4.90. The molecule has 2 fully saturated rings. The molecule has 0 N–H and O–H groups in total. The van der Waals surface area contributed by atoms with Crippen LogP contribution in [0.3, 0.4) is 0 Å². The largest absolute Gasteiger partial charge is 0.496 e. The van der Waals surface area contributed by atoms with E-state index >= 15 is 0 Å². The first-order chi connectivity index (χ1) is 15.1. The first kappa shape index (κ1) is 22.2. The highest BCUT2D eigenvalue weighted by Crippen LogP contribution is 2.39. The number of carbonyl (C=O) groups is 1. The van der Waals surface area contributed by atoms with Crippen molar-refractivity contribution in [1.29, 1.82) is 0 Å². The average Bonchev–Trinajstić information content (AvgIpc) is 3.09. The Labute approximate surface area is 196 Å². The number of hydrogen-bond acceptors (Lipinski definition) is 4. The van der Waals surface area contributed by atoms with Crippen molar-refractivity contribution in [2.24, 2.45) is 4.99 Å². The molecule has 1 aliphatic carbocycles. The number of benzene rings is 2. The molecule has 0 radical (unpaired) electrons. The number of ether oxygens (including phenoxy) is 1. The fourth-order valence-electron chi connectivity index (χ4n) is 4.17. The fourth-order valence-corrected chi connectivity index (χ4v) is 5.78. The van der Waals surface area contributed by atoms with Crippen LogP contribution in [0.25, 0.3) is 6.08 Å². The summed E-state index contributed by atoms with van der Waals surface area (Å²) in [6, 6.07) is 14.3. The maximum absolute atomic E-state index is 13.5. The number of hydrogen-bond donors (Lipinski definition) is 0. The molecule has 0 unspecified atom stereocenters. The summed E-state index contributed by atoms with van der Waals surface area (Å²) < 4.78 is 6.20. The zero-order valence-electron chi connectivity index (χ0n) is 17.9. The number of amidine groups is 1. The number of aliphatic imine (C=N–C) groups is 1. The summed E-state index contributed by atoms with van der Waals surface area (Å²) >= 11 is 5.02. The lowest BCUT2D eigenvalue weighted by atomic mass is 9.94. The normalized spacial score (nSPS) is 20.1. The van der Waals surface area contributed by atoms with E-state index in [0.717, 1.165) is 50.8 Å². The molecule has 1 aliphatic heterocycles. The van der Waals surface area contributed by atoms with Crippen LogP contribution in [0.15, 0.2) is 56.8 Å². The second-order valence-electron chi connectivity index (χ2n) is 7.85. The van der Waals surface area contributed by atoms with Gasteiger partial charge in [-0.1, -0.05) is 50.5 Å². The van der Waals surface area contributed by atoms with Crippen LogP contribution in [0.4, 0.5) is 5.69 Å². The van der Waals surface area contributed by atoms with Crippen molar-refractivity contribution in [1.82, 2.24) is 4.90 Å². The van der Waals surface area contributed by atoms with Gasteiger partial charge in [-0.2, -0.15) is 0 Å². The molecule has 2 aromatic rings. The molecule has 31 heavy (non-hydrogen) atoms. The molecule has 1 amide bonds. The monoisotopic (exact) mass is 498 g/mol. The number of para-hydroxylation sites is 1. The van der Waals surface area contributed by atoms with Crippen molar-refractivity contribution in [3.63, 3.8) is 0 Å². The predicted molar refractivity (Wildman–Crippen MR) is 133 cm³/mol. The molecule has 1 heterocycles. The minimum absolute atomic E-state index is 0.0663. The van der Waals surface area contributed by atoms with Crippen LogP contribution in [-0.4, -0.2) is 29.1 Å². The summed E-state index contributed by atoms with van der Waals surface area (Å²) in [5, 5.41) is 0.802. The Kier molecular flexibility index (Phi) is 7.18. The van der Waals surface area contributed by atoms with E-state index in [9.17, 15) is 4.79 Å². The van der Waals surface area contributed by atoms with Crippen molar-refractivity contribution >= 4 is 50.5 Å². The van der Waals surface area contributed by atoms with Crippen molar-refractivity contribution < 1.29 is 9.53 Å². The van der Waals surface area contributed by atoms with E-state index < -0.39 is 0 Å². The highest BCUT2D eigenvalue weighted by molar-refractivity contribution is 9.10. The molecule has 4 nitrogen and oxygen atoms in total. The number of carbonyl (C=O) groups excluding carboxylic acids is 1. The van der Waals surface area contributed by atoms with Crippen LogP contribution in [0.1, 0.15) is 50.2 Å². The number of methoxy groups -OCH3 is 1. The topological polar surface area (TPSA) is 41.9 Å². The first-order valence-electron chi connectivity index (χ1n) is 10.8. The molecular formula is C25H27BrN2O2S. The minimum Gasteiger partial charge on any atom is -0.496 e. The third-order valence-corrected chi connectivity index (χ3v) is 7.44. The summed E-state index contributed by atoms with van der Waals surface area (Å²) in [6.07, 6.45) is 8.55. The molecule has 1 saturated heterocycles. The Balaban J connectivity index is 1.71. The van der Waals surface area contributed by atoms with E-state index in [1.165, 1.54) is 36.6 Å². The Hall–Kier alpha value is -2.05. The lowest BCUT2D eigenvalue weighted by Gasteiger charge is -2.30. The Morgan fingerprint density at radius 2 is 1.97 bits per heavy atom. The lowest BCUT2D eigenvalue weighted by molar-refractivity contribution is -0.124. The molecule has 2 aliphatic rings. The van der Waals surface area contributed by atoms with Crippen LogP contribution < -0.4 is 4.74 Å². The Morgan fingerprint density at radius 3 is 2.68 bits per heavy atom. The number of amides is 1. The maximum atomic E-state index is 13.5.